The van der Waals surface area contributed by atoms with Gasteiger partial charge in [0.25, 0.3) is 5.91 Å². The summed E-state index contributed by atoms with van der Waals surface area (Å²) in [7, 11) is 0. The summed E-state index contributed by atoms with van der Waals surface area (Å²) < 4.78 is 6.74. The largest absolute Gasteiger partial charge is 0.467 e. The summed E-state index contributed by atoms with van der Waals surface area (Å²) in [5, 5.41) is 19.3. The van der Waals surface area contributed by atoms with Gasteiger partial charge in [-0.2, -0.15) is 5.10 Å². The molecule has 0 unspecified atom stereocenters. The lowest BCUT2D eigenvalue weighted by Crippen LogP contribution is -2.23. The van der Waals surface area contributed by atoms with Crippen molar-refractivity contribution in [3.8, 4) is 11.4 Å². The number of carbonyl (C=O) groups is 1. The molecule has 0 radical (unpaired) electrons. The van der Waals surface area contributed by atoms with Crippen LogP contribution in [-0.4, -0.2) is 35.9 Å². The van der Waals surface area contributed by atoms with Crippen molar-refractivity contribution in [1.82, 2.24) is 35.3 Å². The third-order valence-corrected chi connectivity index (χ3v) is 3.63. The van der Waals surface area contributed by atoms with Gasteiger partial charge in [-0.05, 0) is 23.4 Å². The van der Waals surface area contributed by atoms with Crippen molar-refractivity contribution in [3.05, 3.63) is 72.4 Å². The normalized spacial score (nSPS) is 10.8. The first kappa shape index (κ1) is 15.8. The molecule has 9 heteroatoms. The van der Waals surface area contributed by atoms with Gasteiger partial charge in [-0.25, -0.2) is 4.68 Å². The van der Waals surface area contributed by atoms with Crippen LogP contribution in [0.4, 0.5) is 0 Å². The van der Waals surface area contributed by atoms with Crippen LogP contribution in [0.25, 0.3) is 11.4 Å². The van der Waals surface area contributed by atoms with Gasteiger partial charge in [0.1, 0.15) is 11.5 Å². The van der Waals surface area contributed by atoms with Crippen LogP contribution >= 0.6 is 0 Å². The number of rotatable bonds is 6. The van der Waals surface area contributed by atoms with E-state index in [0.29, 0.717) is 23.8 Å². The molecule has 1 N–H and O–H groups in total. The first-order valence-electron chi connectivity index (χ1n) is 7.95. The second kappa shape index (κ2) is 7.01. The van der Waals surface area contributed by atoms with E-state index in [1.54, 1.807) is 35.3 Å². The van der Waals surface area contributed by atoms with Crippen molar-refractivity contribution in [1.29, 1.82) is 0 Å². The molecule has 0 aliphatic rings. The van der Waals surface area contributed by atoms with Crippen molar-refractivity contribution < 1.29 is 9.21 Å². The molecule has 0 bridgehead atoms. The first-order chi connectivity index (χ1) is 12.8. The van der Waals surface area contributed by atoms with E-state index in [1.165, 1.54) is 4.80 Å². The van der Waals surface area contributed by atoms with Crippen molar-refractivity contribution in [2.45, 2.75) is 13.2 Å². The van der Waals surface area contributed by atoms with E-state index in [-0.39, 0.29) is 12.6 Å². The Morgan fingerprint density at radius 3 is 2.77 bits per heavy atom. The van der Waals surface area contributed by atoms with Crippen LogP contribution in [0.2, 0.25) is 0 Å². The summed E-state index contributed by atoms with van der Waals surface area (Å²) in [5.41, 5.74) is 1.19. The molecule has 4 rings (SSSR count). The third kappa shape index (κ3) is 3.51. The Morgan fingerprint density at radius 1 is 1.08 bits per heavy atom. The summed E-state index contributed by atoms with van der Waals surface area (Å²) >= 11 is 0. The number of aromatic nitrogens is 6. The molecular formula is C17H15N7O2. The fourth-order valence-corrected chi connectivity index (χ4v) is 2.37. The lowest BCUT2D eigenvalue weighted by atomic mass is 10.2. The molecule has 1 amide bonds. The number of hydrogen-bond acceptors (Lipinski definition) is 6. The van der Waals surface area contributed by atoms with Crippen LogP contribution in [0.3, 0.4) is 0 Å². The average Bonchev–Trinajstić information content (AvgIpc) is 3.43. The zero-order valence-electron chi connectivity index (χ0n) is 13.7. The number of tetrazole rings is 1. The van der Waals surface area contributed by atoms with Gasteiger partial charge in [0, 0.05) is 11.8 Å². The molecule has 3 heterocycles. The van der Waals surface area contributed by atoms with Crippen molar-refractivity contribution in [3.63, 3.8) is 0 Å². The van der Waals surface area contributed by atoms with Gasteiger partial charge in [-0.15, -0.1) is 15.0 Å². The molecule has 0 atom stereocenters. The molecule has 0 aliphatic heterocycles. The summed E-state index contributed by atoms with van der Waals surface area (Å²) in [6.07, 6.45) is 3.25. The van der Waals surface area contributed by atoms with Crippen molar-refractivity contribution in [2.75, 3.05) is 0 Å². The van der Waals surface area contributed by atoms with Crippen LogP contribution in [0.5, 0.6) is 0 Å². The molecule has 0 aliphatic carbocycles. The molecule has 26 heavy (non-hydrogen) atoms. The predicted octanol–water partition coefficient (Wildman–Crippen LogP) is 1.57. The van der Waals surface area contributed by atoms with Crippen molar-refractivity contribution >= 4 is 5.91 Å². The maximum atomic E-state index is 12.1. The highest BCUT2D eigenvalue weighted by Crippen LogP contribution is 2.11. The molecule has 9 nitrogen and oxygen atoms in total. The Morgan fingerprint density at radius 2 is 1.96 bits per heavy atom. The number of carbonyl (C=O) groups excluding carboxylic acids is 1. The highest BCUT2D eigenvalue weighted by Gasteiger charge is 2.11. The van der Waals surface area contributed by atoms with Gasteiger partial charge in [-0.1, -0.05) is 30.3 Å². The van der Waals surface area contributed by atoms with Crippen LogP contribution in [0.1, 0.15) is 16.2 Å². The fraction of sp³-hybridized carbons (Fsp3) is 0.118. The molecule has 0 saturated heterocycles. The zero-order chi connectivity index (χ0) is 17.8. The van der Waals surface area contributed by atoms with Crippen LogP contribution in [0.15, 0.2) is 65.4 Å². The summed E-state index contributed by atoms with van der Waals surface area (Å²) in [6.45, 7) is 0.565. The van der Waals surface area contributed by atoms with Crippen LogP contribution in [0, 0.1) is 0 Å². The van der Waals surface area contributed by atoms with E-state index in [9.17, 15) is 4.79 Å². The minimum atomic E-state index is -0.281. The van der Waals surface area contributed by atoms with Crippen molar-refractivity contribution in [2.24, 2.45) is 0 Å². The third-order valence-electron chi connectivity index (χ3n) is 3.63. The Bertz CT molecular complexity index is 989. The van der Waals surface area contributed by atoms with Gasteiger partial charge < -0.3 is 9.73 Å². The van der Waals surface area contributed by atoms with Crippen LogP contribution in [-0.2, 0) is 13.2 Å². The summed E-state index contributed by atoms with van der Waals surface area (Å²) in [6, 6.07) is 14.8. The van der Waals surface area contributed by atoms with Gasteiger partial charge in [0.15, 0.2) is 6.67 Å². The van der Waals surface area contributed by atoms with E-state index >= 15 is 0 Å². The minimum Gasteiger partial charge on any atom is -0.467 e. The Labute approximate surface area is 148 Å². The quantitative estimate of drug-likeness (QED) is 0.567. The second-order valence-electron chi connectivity index (χ2n) is 5.50. The maximum absolute atomic E-state index is 12.1. The monoisotopic (exact) mass is 349 g/mol. The smallest absolute Gasteiger partial charge is 0.272 e. The minimum absolute atomic E-state index is 0.255. The Hall–Kier alpha value is -3.75. The average molecular weight is 349 g/mol. The first-order valence-corrected chi connectivity index (χ1v) is 7.95. The standard InChI is InChI=1S/C17H15N7O2/c25-17(18-11-14-7-4-10-26-14)15-8-9-23(20-15)12-24-21-16(19-22-24)13-5-2-1-3-6-13/h1-10H,11-12H2,(H,18,25). The molecule has 130 valence electrons. The molecule has 3 aromatic heterocycles. The van der Waals surface area contributed by atoms with Crippen LogP contribution < -0.4 is 5.32 Å². The van der Waals surface area contributed by atoms with Gasteiger partial charge >= 0.3 is 0 Å². The van der Waals surface area contributed by atoms with E-state index in [1.807, 2.05) is 30.3 Å². The number of hydrogen-bond donors (Lipinski definition) is 1. The molecule has 4 aromatic rings. The lowest BCUT2D eigenvalue weighted by Gasteiger charge is -2.01. The number of benzene rings is 1. The number of nitrogens with zero attached hydrogens (tertiary/aromatic N) is 6. The van der Waals surface area contributed by atoms with Gasteiger partial charge in [0.2, 0.25) is 5.82 Å². The second-order valence-corrected chi connectivity index (χ2v) is 5.50. The molecule has 0 saturated carbocycles. The van der Waals surface area contributed by atoms with E-state index in [4.69, 9.17) is 4.42 Å². The lowest BCUT2D eigenvalue weighted by molar-refractivity contribution is 0.0942. The van der Waals surface area contributed by atoms with E-state index in [2.05, 4.69) is 25.8 Å². The Kier molecular flexibility index (Phi) is 4.25. The maximum Gasteiger partial charge on any atom is 0.272 e. The van der Waals surface area contributed by atoms with Gasteiger partial charge in [-0.3, -0.25) is 4.79 Å². The SMILES string of the molecule is O=C(NCc1ccco1)c1ccn(Cn2nnc(-c3ccccc3)n2)n1. The zero-order valence-corrected chi connectivity index (χ0v) is 13.7. The molecule has 1 aromatic carbocycles. The molecular weight excluding hydrogens is 334 g/mol. The fourth-order valence-electron chi connectivity index (χ4n) is 2.37. The van der Waals surface area contributed by atoms with E-state index < -0.39 is 0 Å². The molecule has 0 spiro atoms. The highest BCUT2D eigenvalue weighted by molar-refractivity contribution is 5.92. The molecule has 0 fully saturated rings. The van der Waals surface area contributed by atoms with Gasteiger partial charge in [0.05, 0.1) is 12.8 Å². The number of furan rings is 1. The summed E-state index contributed by atoms with van der Waals surface area (Å²) in [4.78, 5) is 13.5. The summed E-state index contributed by atoms with van der Waals surface area (Å²) in [5.74, 6) is 0.934. The van der Waals surface area contributed by atoms with E-state index in [0.717, 1.165) is 5.56 Å². The number of amides is 1. The number of nitrogens with one attached hydrogen (secondary N) is 1. The topological polar surface area (TPSA) is 104 Å². The highest BCUT2D eigenvalue weighted by atomic mass is 16.3. The predicted molar refractivity (Wildman–Crippen MR) is 90.8 cm³/mol. The Balaban J connectivity index is 1.39.